The van der Waals surface area contributed by atoms with Gasteiger partial charge in [-0.2, -0.15) is 10.4 Å². The molecule has 2 heterocycles. The van der Waals surface area contributed by atoms with Crippen LogP contribution in [0.4, 0.5) is 0 Å². The van der Waals surface area contributed by atoms with Gasteiger partial charge in [0.1, 0.15) is 0 Å². The number of hydrogen-bond acceptors (Lipinski definition) is 2. The third-order valence-electron chi connectivity index (χ3n) is 2.25. The minimum Gasteiger partial charge on any atom is -0.268 e. The fraction of sp³-hybridized carbons (Fsp3) is 0.500. The summed E-state index contributed by atoms with van der Waals surface area (Å²) in [7, 11) is 0. The van der Waals surface area contributed by atoms with Crippen LogP contribution in [0.1, 0.15) is 24.5 Å². The first kappa shape index (κ1) is 7.81. The highest BCUT2D eigenvalue weighted by Gasteiger charge is 2.25. The van der Waals surface area contributed by atoms with E-state index in [9.17, 15) is 0 Å². The third kappa shape index (κ3) is 1.05. The lowest BCUT2D eigenvalue weighted by Gasteiger charge is -2.02. The van der Waals surface area contributed by atoms with Gasteiger partial charge in [0.15, 0.2) is 0 Å². The summed E-state index contributed by atoms with van der Waals surface area (Å²) in [4.78, 5) is 0. The smallest absolute Gasteiger partial charge is 0.0635 e. The second-order valence-electron chi connectivity index (χ2n) is 2.95. The quantitative estimate of drug-likeness (QED) is 0.735. The maximum Gasteiger partial charge on any atom is 0.0635 e. The molecule has 62 valence electrons. The highest BCUT2D eigenvalue weighted by atomic mass is 79.9. The van der Waals surface area contributed by atoms with Crippen LogP contribution in [0.15, 0.2) is 10.7 Å². The van der Waals surface area contributed by atoms with Crippen molar-refractivity contribution in [3.63, 3.8) is 0 Å². The zero-order valence-electron chi connectivity index (χ0n) is 6.50. The Morgan fingerprint density at radius 2 is 2.67 bits per heavy atom. The number of aromatic nitrogens is 2. The molecule has 1 atom stereocenters. The van der Waals surface area contributed by atoms with Crippen LogP contribution in [0.5, 0.6) is 0 Å². The summed E-state index contributed by atoms with van der Waals surface area (Å²) in [6, 6.07) is 2.21. The molecule has 0 N–H and O–H groups in total. The Balaban J connectivity index is 2.34. The van der Waals surface area contributed by atoms with Crippen molar-refractivity contribution in [2.75, 3.05) is 0 Å². The van der Waals surface area contributed by atoms with Crippen molar-refractivity contribution in [1.29, 1.82) is 5.26 Å². The number of nitrogens with zero attached hydrogens (tertiary/aromatic N) is 3. The van der Waals surface area contributed by atoms with Crippen LogP contribution in [0.2, 0.25) is 0 Å². The molecule has 0 amide bonds. The Kier molecular flexibility index (Phi) is 1.89. The number of halogens is 1. The Bertz CT molecular complexity index is 337. The van der Waals surface area contributed by atoms with E-state index in [1.165, 1.54) is 5.69 Å². The SMILES string of the molecule is N#CCC1CCn2ncc(Br)c21. The number of rotatable bonds is 1. The second kappa shape index (κ2) is 2.91. The maximum atomic E-state index is 8.59. The molecule has 0 saturated carbocycles. The predicted octanol–water partition coefficient (Wildman–Crippen LogP) is 2.05. The molecule has 0 bridgehead atoms. The summed E-state index contributed by atoms with van der Waals surface area (Å²) in [5.41, 5.74) is 1.19. The standard InChI is InChI=1S/C8H8BrN3/c9-7-5-11-12-4-2-6(1-3-10)8(7)12/h5-6H,1-2,4H2. The Morgan fingerprint density at radius 1 is 1.83 bits per heavy atom. The molecule has 0 fully saturated rings. The van der Waals surface area contributed by atoms with Gasteiger partial charge in [-0.05, 0) is 22.4 Å². The monoisotopic (exact) mass is 225 g/mol. The molecular weight excluding hydrogens is 218 g/mol. The van der Waals surface area contributed by atoms with Crippen LogP contribution >= 0.6 is 15.9 Å². The van der Waals surface area contributed by atoms with Crippen molar-refractivity contribution in [3.8, 4) is 6.07 Å². The van der Waals surface area contributed by atoms with Gasteiger partial charge in [0, 0.05) is 18.9 Å². The summed E-state index contributed by atoms with van der Waals surface area (Å²) in [6.45, 7) is 0.952. The highest BCUT2D eigenvalue weighted by molar-refractivity contribution is 9.10. The van der Waals surface area contributed by atoms with E-state index < -0.39 is 0 Å². The molecule has 12 heavy (non-hydrogen) atoms. The van der Waals surface area contributed by atoms with Crippen molar-refractivity contribution < 1.29 is 0 Å². The van der Waals surface area contributed by atoms with E-state index in [-0.39, 0.29) is 0 Å². The summed E-state index contributed by atoms with van der Waals surface area (Å²) >= 11 is 3.43. The molecule has 1 aromatic heterocycles. The van der Waals surface area contributed by atoms with E-state index in [1.807, 2.05) is 4.68 Å². The summed E-state index contributed by atoms with van der Waals surface area (Å²) in [6.07, 6.45) is 3.46. The number of hydrogen-bond donors (Lipinski definition) is 0. The van der Waals surface area contributed by atoms with Crippen molar-refractivity contribution in [2.45, 2.75) is 25.3 Å². The number of nitriles is 1. The van der Waals surface area contributed by atoms with Gasteiger partial charge in [0.2, 0.25) is 0 Å². The van der Waals surface area contributed by atoms with Gasteiger partial charge in [-0.3, -0.25) is 4.68 Å². The molecule has 4 heteroatoms. The molecular formula is C8H8BrN3. The summed E-state index contributed by atoms with van der Waals surface area (Å²) in [5, 5.41) is 12.8. The van der Waals surface area contributed by atoms with Gasteiger partial charge in [0.25, 0.3) is 0 Å². The molecule has 0 radical (unpaired) electrons. The Labute approximate surface area is 79.1 Å². The van der Waals surface area contributed by atoms with Crippen LogP contribution in [0.3, 0.4) is 0 Å². The first-order chi connectivity index (χ1) is 5.83. The number of fused-ring (bicyclic) bond motifs is 1. The predicted molar refractivity (Wildman–Crippen MR) is 47.5 cm³/mol. The molecule has 0 spiro atoms. The minimum atomic E-state index is 0.381. The van der Waals surface area contributed by atoms with Crippen molar-refractivity contribution >= 4 is 15.9 Å². The van der Waals surface area contributed by atoms with Crippen LogP contribution in [-0.2, 0) is 6.54 Å². The third-order valence-corrected chi connectivity index (χ3v) is 2.86. The minimum absolute atomic E-state index is 0.381. The average Bonchev–Trinajstić information content (AvgIpc) is 2.58. The van der Waals surface area contributed by atoms with Crippen LogP contribution < -0.4 is 0 Å². The second-order valence-corrected chi connectivity index (χ2v) is 3.80. The van der Waals surface area contributed by atoms with E-state index in [0.717, 1.165) is 17.4 Å². The zero-order valence-corrected chi connectivity index (χ0v) is 8.08. The normalized spacial score (nSPS) is 20.5. The van der Waals surface area contributed by atoms with E-state index in [1.54, 1.807) is 6.20 Å². The van der Waals surface area contributed by atoms with E-state index in [4.69, 9.17) is 5.26 Å². The lowest BCUT2D eigenvalue weighted by molar-refractivity contribution is 0.633. The fourth-order valence-corrected chi connectivity index (χ4v) is 2.30. The van der Waals surface area contributed by atoms with Crippen molar-refractivity contribution in [3.05, 3.63) is 16.4 Å². The lowest BCUT2D eigenvalue weighted by Crippen LogP contribution is -1.94. The molecule has 1 aliphatic heterocycles. The van der Waals surface area contributed by atoms with E-state index >= 15 is 0 Å². The molecule has 1 unspecified atom stereocenters. The molecule has 2 rings (SSSR count). The van der Waals surface area contributed by atoms with E-state index in [0.29, 0.717) is 12.3 Å². The van der Waals surface area contributed by atoms with Crippen molar-refractivity contribution in [1.82, 2.24) is 9.78 Å². The number of aryl methyl sites for hydroxylation is 1. The van der Waals surface area contributed by atoms with Crippen molar-refractivity contribution in [2.24, 2.45) is 0 Å². The van der Waals surface area contributed by atoms with E-state index in [2.05, 4.69) is 27.1 Å². The van der Waals surface area contributed by atoms with Crippen LogP contribution in [0.25, 0.3) is 0 Å². The topological polar surface area (TPSA) is 41.6 Å². The molecule has 0 aromatic carbocycles. The summed E-state index contributed by atoms with van der Waals surface area (Å²) in [5.74, 6) is 0.381. The zero-order chi connectivity index (χ0) is 8.55. The maximum absolute atomic E-state index is 8.59. The highest BCUT2D eigenvalue weighted by Crippen LogP contribution is 2.35. The van der Waals surface area contributed by atoms with Crippen LogP contribution in [0, 0.1) is 11.3 Å². The van der Waals surface area contributed by atoms with Gasteiger partial charge in [0.05, 0.1) is 22.4 Å². The Hall–Kier alpha value is -0.820. The van der Waals surface area contributed by atoms with Crippen LogP contribution in [-0.4, -0.2) is 9.78 Å². The Morgan fingerprint density at radius 3 is 3.42 bits per heavy atom. The first-order valence-electron chi connectivity index (χ1n) is 3.91. The average molecular weight is 226 g/mol. The lowest BCUT2D eigenvalue weighted by atomic mass is 10.0. The first-order valence-corrected chi connectivity index (χ1v) is 4.70. The van der Waals surface area contributed by atoms with Gasteiger partial charge in [-0.15, -0.1) is 0 Å². The molecule has 1 aliphatic rings. The molecule has 1 aromatic rings. The van der Waals surface area contributed by atoms with Gasteiger partial charge < -0.3 is 0 Å². The molecule has 0 saturated heterocycles. The van der Waals surface area contributed by atoms with Gasteiger partial charge >= 0.3 is 0 Å². The van der Waals surface area contributed by atoms with Gasteiger partial charge in [-0.25, -0.2) is 0 Å². The van der Waals surface area contributed by atoms with Gasteiger partial charge in [-0.1, -0.05) is 0 Å². The largest absolute Gasteiger partial charge is 0.268 e. The summed E-state index contributed by atoms with van der Waals surface area (Å²) < 4.78 is 3.02. The fourth-order valence-electron chi connectivity index (χ4n) is 1.68. The molecule has 3 nitrogen and oxygen atoms in total. The molecule has 0 aliphatic carbocycles.